The van der Waals surface area contributed by atoms with E-state index in [2.05, 4.69) is 6.58 Å². The van der Waals surface area contributed by atoms with Gasteiger partial charge in [0.2, 0.25) is 11.8 Å². The fraction of sp³-hybridized carbons (Fsp3) is 0.714. The SMILES string of the molecule is C=CC(=O)N(CC)CC(=O)N1CC(C(F)(F)F)OC(C)(C)C1. The second kappa shape index (κ2) is 6.68. The molecule has 0 radical (unpaired) electrons. The van der Waals surface area contributed by atoms with Crippen LogP contribution < -0.4 is 0 Å². The number of hydrogen-bond donors (Lipinski definition) is 0. The zero-order valence-corrected chi connectivity index (χ0v) is 12.9. The number of halogens is 3. The third-order valence-electron chi connectivity index (χ3n) is 3.33. The van der Waals surface area contributed by atoms with Crippen molar-refractivity contribution >= 4 is 11.8 Å². The van der Waals surface area contributed by atoms with E-state index < -0.39 is 36.2 Å². The summed E-state index contributed by atoms with van der Waals surface area (Å²) in [6.45, 7) is 7.48. The van der Waals surface area contributed by atoms with Crippen LogP contribution in [0.3, 0.4) is 0 Å². The van der Waals surface area contributed by atoms with Crippen LogP contribution in [0.4, 0.5) is 13.2 Å². The van der Waals surface area contributed by atoms with Crippen molar-refractivity contribution in [2.75, 3.05) is 26.2 Å². The number of carbonyl (C=O) groups is 2. The quantitative estimate of drug-likeness (QED) is 0.739. The Hall–Kier alpha value is -1.57. The topological polar surface area (TPSA) is 49.9 Å². The third kappa shape index (κ3) is 4.72. The molecule has 0 aromatic carbocycles. The van der Waals surface area contributed by atoms with Crippen molar-refractivity contribution in [1.29, 1.82) is 0 Å². The van der Waals surface area contributed by atoms with Gasteiger partial charge < -0.3 is 14.5 Å². The highest BCUT2D eigenvalue weighted by Gasteiger charge is 2.49. The van der Waals surface area contributed by atoms with Gasteiger partial charge in [-0.1, -0.05) is 6.58 Å². The molecule has 0 bridgehead atoms. The van der Waals surface area contributed by atoms with Gasteiger partial charge in [0, 0.05) is 13.1 Å². The summed E-state index contributed by atoms with van der Waals surface area (Å²) < 4.78 is 43.7. The molecule has 1 fully saturated rings. The lowest BCUT2D eigenvalue weighted by Gasteiger charge is -2.43. The fourth-order valence-corrected chi connectivity index (χ4v) is 2.28. The van der Waals surface area contributed by atoms with E-state index in [0.29, 0.717) is 0 Å². The predicted molar refractivity (Wildman–Crippen MR) is 74.0 cm³/mol. The van der Waals surface area contributed by atoms with Gasteiger partial charge in [0.1, 0.15) is 0 Å². The Labute approximate surface area is 127 Å². The van der Waals surface area contributed by atoms with Gasteiger partial charge in [0.05, 0.1) is 18.7 Å². The Morgan fingerprint density at radius 1 is 1.45 bits per heavy atom. The number of amides is 2. The van der Waals surface area contributed by atoms with Crippen LogP contribution in [0.2, 0.25) is 0 Å². The number of rotatable bonds is 4. The molecular weight excluding hydrogens is 301 g/mol. The third-order valence-corrected chi connectivity index (χ3v) is 3.33. The van der Waals surface area contributed by atoms with Crippen molar-refractivity contribution in [2.24, 2.45) is 0 Å². The van der Waals surface area contributed by atoms with Crippen molar-refractivity contribution < 1.29 is 27.5 Å². The van der Waals surface area contributed by atoms with Crippen molar-refractivity contribution in [3.05, 3.63) is 12.7 Å². The van der Waals surface area contributed by atoms with Crippen molar-refractivity contribution in [3.8, 4) is 0 Å². The molecule has 0 aromatic rings. The lowest BCUT2D eigenvalue weighted by atomic mass is 10.0. The molecule has 8 heteroatoms. The molecule has 2 amide bonds. The second-order valence-corrected chi connectivity index (χ2v) is 5.74. The zero-order valence-electron chi connectivity index (χ0n) is 12.9. The monoisotopic (exact) mass is 322 g/mol. The Morgan fingerprint density at radius 2 is 2.05 bits per heavy atom. The van der Waals surface area contributed by atoms with Crippen LogP contribution in [-0.2, 0) is 14.3 Å². The normalized spacial score (nSPS) is 21.4. The summed E-state index contributed by atoms with van der Waals surface area (Å²) in [6.07, 6.45) is -5.50. The second-order valence-electron chi connectivity index (χ2n) is 5.74. The maximum Gasteiger partial charge on any atom is 0.416 e. The first kappa shape index (κ1) is 18.5. The van der Waals surface area contributed by atoms with E-state index >= 15 is 0 Å². The van der Waals surface area contributed by atoms with Gasteiger partial charge in [-0.05, 0) is 26.8 Å². The fourth-order valence-electron chi connectivity index (χ4n) is 2.28. The van der Waals surface area contributed by atoms with Crippen molar-refractivity contribution in [1.82, 2.24) is 9.80 Å². The van der Waals surface area contributed by atoms with E-state index in [1.807, 2.05) is 0 Å². The van der Waals surface area contributed by atoms with Crippen LogP contribution >= 0.6 is 0 Å². The number of morpholine rings is 1. The van der Waals surface area contributed by atoms with Crippen LogP contribution in [0.25, 0.3) is 0 Å². The van der Waals surface area contributed by atoms with Crippen molar-refractivity contribution in [3.63, 3.8) is 0 Å². The molecule has 1 aliphatic rings. The van der Waals surface area contributed by atoms with Crippen molar-refractivity contribution in [2.45, 2.75) is 38.7 Å². The Bertz CT molecular complexity index is 449. The van der Waals surface area contributed by atoms with Crippen LogP contribution in [0.5, 0.6) is 0 Å². The molecule has 1 unspecified atom stereocenters. The van der Waals surface area contributed by atoms with Crippen LogP contribution in [0, 0.1) is 0 Å². The highest BCUT2D eigenvalue weighted by molar-refractivity contribution is 5.90. The molecule has 22 heavy (non-hydrogen) atoms. The number of ether oxygens (including phenoxy) is 1. The smallest absolute Gasteiger partial charge is 0.359 e. The van der Waals surface area contributed by atoms with Gasteiger partial charge in [-0.2, -0.15) is 13.2 Å². The molecule has 5 nitrogen and oxygen atoms in total. The maximum atomic E-state index is 12.9. The molecule has 0 aliphatic carbocycles. The molecule has 0 aromatic heterocycles. The minimum absolute atomic E-state index is 0.0399. The summed E-state index contributed by atoms with van der Waals surface area (Å²) in [7, 11) is 0. The van der Waals surface area contributed by atoms with E-state index in [0.717, 1.165) is 11.0 Å². The van der Waals surface area contributed by atoms with Crippen LogP contribution in [0.1, 0.15) is 20.8 Å². The van der Waals surface area contributed by atoms with Gasteiger partial charge in [0.25, 0.3) is 0 Å². The Morgan fingerprint density at radius 3 is 2.50 bits per heavy atom. The molecular formula is C14H21F3N2O3. The predicted octanol–water partition coefficient (Wildman–Crippen LogP) is 1.59. The summed E-state index contributed by atoms with van der Waals surface area (Å²) >= 11 is 0. The standard InChI is InChI=1S/C14H21F3N2O3/c1-5-11(20)18(6-2)8-12(21)19-7-10(14(15,16)17)22-13(3,4)9-19/h5,10H,1,6-9H2,2-4H3. The highest BCUT2D eigenvalue weighted by atomic mass is 19.4. The summed E-state index contributed by atoms with van der Waals surface area (Å²) in [6, 6.07) is 0. The first-order chi connectivity index (χ1) is 10.00. The number of hydrogen-bond acceptors (Lipinski definition) is 3. The van der Waals surface area contributed by atoms with E-state index in [-0.39, 0.29) is 19.6 Å². The molecule has 1 heterocycles. The molecule has 1 atom stereocenters. The summed E-state index contributed by atoms with van der Waals surface area (Å²) in [4.78, 5) is 26.1. The Kier molecular flexibility index (Phi) is 5.61. The van der Waals surface area contributed by atoms with E-state index in [9.17, 15) is 22.8 Å². The number of carbonyl (C=O) groups excluding carboxylic acids is 2. The number of likely N-dealkylation sites (N-methyl/N-ethyl adjacent to an activating group) is 1. The van der Waals surface area contributed by atoms with Gasteiger partial charge in [0.15, 0.2) is 6.10 Å². The largest absolute Gasteiger partial charge is 0.416 e. The number of nitrogens with zero attached hydrogens (tertiary/aromatic N) is 2. The average molecular weight is 322 g/mol. The first-order valence-electron chi connectivity index (χ1n) is 6.94. The van der Waals surface area contributed by atoms with Crippen LogP contribution in [-0.4, -0.2) is 65.7 Å². The van der Waals surface area contributed by atoms with Gasteiger partial charge in [-0.3, -0.25) is 9.59 Å². The molecule has 126 valence electrons. The average Bonchev–Trinajstić information content (AvgIpc) is 2.40. The molecule has 0 spiro atoms. The maximum absolute atomic E-state index is 12.9. The molecule has 1 aliphatic heterocycles. The Balaban J connectivity index is 2.83. The summed E-state index contributed by atoms with van der Waals surface area (Å²) in [5, 5.41) is 0. The van der Waals surface area contributed by atoms with E-state index in [1.54, 1.807) is 6.92 Å². The summed E-state index contributed by atoms with van der Waals surface area (Å²) in [5.74, 6) is -0.974. The zero-order chi connectivity index (χ0) is 17.1. The lowest BCUT2D eigenvalue weighted by Crippen LogP contribution is -2.59. The first-order valence-corrected chi connectivity index (χ1v) is 6.94. The molecule has 1 saturated heterocycles. The highest BCUT2D eigenvalue weighted by Crippen LogP contribution is 2.31. The summed E-state index contributed by atoms with van der Waals surface area (Å²) in [5.41, 5.74) is -1.10. The lowest BCUT2D eigenvalue weighted by molar-refractivity contribution is -0.270. The van der Waals surface area contributed by atoms with Gasteiger partial charge in [-0.15, -0.1) is 0 Å². The minimum atomic E-state index is -4.54. The van der Waals surface area contributed by atoms with E-state index in [1.165, 1.54) is 18.7 Å². The molecule has 1 rings (SSSR count). The van der Waals surface area contributed by atoms with E-state index in [4.69, 9.17) is 4.74 Å². The molecule has 0 saturated carbocycles. The van der Waals surface area contributed by atoms with Gasteiger partial charge >= 0.3 is 6.18 Å². The van der Waals surface area contributed by atoms with Crippen LogP contribution in [0.15, 0.2) is 12.7 Å². The minimum Gasteiger partial charge on any atom is -0.359 e. The van der Waals surface area contributed by atoms with Gasteiger partial charge in [-0.25, -0.2) is 0 Å². The number of alkyl halides is 3. The molecule has 0 N–H and O–H groups in total.